The molecule has 2 N–H and O–H groups in total. The summed E-state index contributed by atoms with van der Waals surface area (Å²) < 4.78 is 15.6. The number of benzene rings is 2. The summed E-state index contributed by atoms with van der Waals surface area (Å²) in [7, 11) is 4.57. The molecule has 0 spiro atoms. The molecule has 5 nitrogen and oxygen atoms in total. The Labute approximate surface area is 123 Å². The fraction of sp³-hybridized carbons (Fsp3) is 0.250. The van der Waals surface area contributed by atoms with E-state index in [4.69, 9.17) is 14.2 Å². The van der Waals surface area contributed by atoms with E-state index in [0.717, 1.165) is 0 Å². The maximum absolute atomic E-state index is 10.6. The van der Waals surface area contributed by atoms with Gasteiger partial charge in [0.25, 0.3) is 0 Å². The fourth-order valence-corrected chi connectivity index (χ4v) is 2.14. The van der Waals surface area contributed by atoms with E-state index in [2.05, 4.69) is 0 Å². The van der Waals surface area contributed by atoms with Crippen LogP contribution in [0.4, 0.5) is 0 Å². The van der Waals surface area contributed by atoms with Crippen LogP contribution in [0.25, 0.3) is 0 Å². The average Bonchev–Trinajstić information content (AvgIpc) is 2.53. The van der Waals surface area contributed by atoms with Crippen molar-refractivity contribution in [2.75, 3.05) is 21.3 Å². The Bertz CT molecular complexity index is 624. The highest BCUT2D eigenvalue weighted by Crippen LogP contribution is 2.37. The molecule has 2 aromatic carbocycles. The predicted molar refractivity (Wildman–Crippen MR) is 78.3 cm³/mol. The van der Waals surface area contributed by atoms with Crippen LogP contribution in [0.3, 0.4) is 0 Å². The van der Waals surface area contributed by atoms with Crippen LogP contribution < -0.4 is 14.2 Å². The number of methoxy groups -OCH3 is 3. The van der Waals surface area contributed by atoms with E-state index >= 15 is 0 Å². The Morgan fingerprint density at radius 1 is 0.810 bits per heavy atom. The van der Waals surface area contributed by atoms with Crippen molar-refractivity contribution in [2.24, 2.45) is 0 Å². The Balaban J connectivity index is 2.46. The quantitative estimate of drug-likeness (QED) is 0.885. The molecule has 0 saturated carbocycles. The van der Waals surface area contributed by atoms with Gasteiger partial charge in [0, 0.05) is 23.3 Å². The second-order valence-corrected chi connectivity index (χ2v) is 4.44. The molecule has 5 heteroatoms. The molecule has 0 aliphatic carbocycles. The number of hydrogen-bond donors (Lipinski definition) is 2. The van der Waals surface area contributed by atoms with Gasteiger partial charge in [0.15, 0.2) is 0 Å². The Morgan fingerprint density at radius 2 is 1.38 bits per heavy atom. The van der Waals surface area contributed by atoms with Gasteiger partial charge in [-0.1, -0.05) is 0 Å². The summed E-state index contributed by atoms with van der Waals surface area (Å²) in [6.07, 6.45) is -0.943. The van der Waals surface area contributed by atoms with Gasteiger partial charge in [-0.05, 0) is 24.3 Å². The van der Waals surface area contributed by atoms with Gasteiger partial charge >= 0.3 is 0 Å². The summed E-state index contributed by atoms with van der Waals surface area (Å²) in [6, 6.07) is 9.74. The number of phenolic OH excluding ortho intramolecular Hbond substituents is 1. The summed E-state index contributed by atoms with van der Waals surface area (Å²) in [6.45, 7) is 0. The van der Waals surface area contributed by atoms with E-state index in [-0.39, 0.29) is 5.75 Å². The van der Waals surface area contributed by atoms with Gasteiger partial charge in [0.1, 0.15) is 29.1 Å². The molecule has 0 bridgehead atoms. The van der Waals surface area contributed by atoms with Gasteiger partial charge < -0.3 is 24.4 Å². The summed E-state index contributed by atoms with van der Waals surface area (Å²) in [5.74, 6) is 1.63. The molecule has 1 unspecified atom stereocenters. The van der Waals surface area contributed by atoms with Crippen molar-refractivity contribution in [3.63, 3.8) is 0 Å². The van der Waals surface area contributed by atoms with Crippen LogP contribution in [0.1, 0.15) is 17.2 Å². The number of aliphatic hydroxyl groups is 1. The number of rotatable bonds is 5. The van der Waals surface area contributed by atoms with Crippen LogP contribution in [0.5, 0.6) is 23.0 Å². The monoisotopic (exact) mass is 290 g/mol. The first-order chi connectivity index (χ1) is 10.1. The van der Waals surface area contributed by atoms with E-state index in [9.17, 15) is 10.2 Å². The molecule has 0 aliphatic heterocycles. The van der Waals surface area contributed by atoms with E-state index in [1.54, 1.807) is 31.4 Å². The lowest BCUT2D eigenvalue weighted by atomic mass is 9.99. The molecular formula is C16H18O5. The largest absolute Gasteiger partial charge is 0.508 e. The maximum Gasteiger partial charge on any atom is 0.128 e. The third kappa shape index (κ3) is 3.03. The zero-order valence-electron chi connectivity index (χ0n) is 12.2. The van der Waals surface area contributed by atoms with Crippen LogP contribution in [0.15, 0.2) is 36.4 Å². The minimum absolute atomic E-state index is 0.0736. The molecule has 0 saturated heterocycles. The number of hydrogen-bond acceptors (Lipinski definition) is 5. The van der Waals surface area contributed by atoms with Crippen molar-refractivity contribution in [1.29, 1.82) is 0 Å². The van der Waals surface area contributed by atoms with Crippen molar-refractivity contribution < 1.29 is 24.4 Å². The molecule has 0 aromatic heterocycles. The molecule has 0 amide bonds. The number of ether oxygens (including phenoxy) is 3. The van der Waals surface area contributed by atoms with Crippen molar-refractivity contribution in [1.82, 2.24) is 0 Å². The van der Waals surface area contributed by atoms with Gasteiger partial charge in [0.05, 0.1) is 21.3 Å². The average molecular weight is 290 g/mol. The lowest BCUT2D eigenvalue weighted by Crippen LogP contribution is -2.04. The molecule has 0 aliphatic rings. The summed E-state index contributed by atoms with van der Waals surface area (Å²) in [5, 5.41) is 20.1. The number of phenols is 1. The summed E-state index contributed by atoms with van der Waals surface area (Å²) in [4.78, 5) is 0. The second-order valence-electron chi connectivity index (χ2n) is 4.44. The molecule has 0 radical (unpaired) electrons. The Kier molecular flexibility index (Phi) is 4.55. The first-order valence-electron chi connectivity index (χ1n) is 6.37. The zero-order chi connectivity index (χ0) is 15.4. The SMILES string of the molecule is COc1ccc(C(O)c2ccc(O)cc2OC)c(OC)c1. The maximum atomic E-state index is 10.6. The predicted octanol–water partition coefficient (Wildman–Crippen LogP) is 2.50. The Hall–Kier alpha value is -2.40. The van der Waals surface area contributed by atoms with Crippen molar-refractivity contribution >= 4 is 0 Å². The lowest BCUT2D eigenvalue weighted by Gasteiger charge is -2.18. The van der Waals surface area contributed by atoms with Gasteiger partial charge in [-0.2, -0.15) is 0 Å². The van der Waals surface area contributed by atoms with Crippen LogP contribution in [0, 0.1) is 0 Å². The normalized spacial score (nSPS) is 11.8. The third-order valence-electron chi connectivity index (χ3n) is 3.25. The molecule has 21 heavy (non-hydrogen) atoms. The lowest BCUT2D eigenvalue weighted by molar-refractivity contribution is 0.209. The van der Waals surface area contributed by atoms with E-state index in [1.807, 2.05) is 0 Å². The molecule has 1 atom stereocenters. The van der Waals surface area contributed by atoms with E-state index in [0.29, 0.717) is 28.4 Å². The third-order valence-corrected chi connectivity index (χ3v) is 3.25. The van der Waals surface area contributed by atoms with Crippen LogP contribution in [-0.2, 0) is 0 Å². The Morgan fingerprint density at radius 3 is 1.95 bits per heavy atom. The summed E-state index contributed by atoms with van der Waals surface area (Å²) >= 11 is 0. The van der Waals surface area contributed by atoms with E-state index in [1.165, 1.54) is 26.4 Å². The van der Waals surface area contributed by atoms with Crippen LogP contribution >= 0.6 is 0 Å². The highest BCUT2D eigenvalue weighted by Gasteiger charge is 2.20. The molecule has 0 heterocycles. The van der Waals surface area contributed by atoms with Crippen molar-refractivity contribution in [3.05, 3.63) is 47.5 Å². The molecule has 112 valence electrons. The molecule has 2 rings (SSSR count). The molecule has 2 aromatic rings. The van der Waals surface area contributed by atoms with E-state index < -0.39 is 6.10 Å². The van der Waals surface area contributed by atoms with Crippen molar-refractivity contribution in [3.8, 4) is 23.0 Å². The second kappa shape index (κ2) is 6.37. The summed E-state index contributed by atoms with van der Waals surface area (Å²) in [5.41, 5.74) is 1.13. The minimum Gasteiger partial charge on any atom is -0.508 e. The first-order valence-corrected chi connectivity index (χ1v) is 6.37. The first kappa shape index (κ1) is 15.0. The standard InChI is InChI=1S/C16H18O5/c1-19-11-5-7-13(15(9-11)21-3)16(18)12-6-4-10(17)8-14(12)20-2/h4-9,16-18H,1-3H3. The van der Waals surface area contributed by atoms with Crippen LogP contribution in [0.2, 0.25) is 0 Å². The van der Waals surface area contributed by atoms with Crippen molar-refractivity contribution in [2.45, 2.75) is 6.10 Å². The zero-order valence-corrected chi connectivity index (χ0v) is 12.2. The van der Waals surface area contributed by atoms with Gasteiger partial charge in [-0.3, -0.25) is 0 Å². The molecular weight excluding hydrogens is 272 g/mol. The van der Waals surface area contributed by atoms with Gasteiger partial charge in [-0.25, -0.2) is 0 Å². The number of aromatic hydroxyl groups is 1. The van der Waals surface area contributed by atoms with Gasteiger partial charge in [-0.15, -0.1) is 0 Å². The topological polar surface area (TPSA) is 68.2 Å². The molecule has 0 fully saturated rings. The highest BCUT2D eigenvalue weighted by molar-refractivity contribution is 5.49. The minimum atomic E-state index is -0.943. The highest BCUT2D eigenvalue weighted by atomic mass is 16.5. The van der Waals surface area contributed by atoms with Crippen LogP contribution in [-0.4, -0.2) is 31.5 Å². The fourth-order valence-electron chi connectivity index (χ4n) is 2.14. The number of aliphatic hydroxyl groups excluding tert-OH is 1. The smallest absolute Gasteiger partial charge is 0.128 e. The van der Waals surface area contributed by atoms with Gasteiger partial charge in [0.2, 0.25) is 0 Å².